The largest absolute Gasteiger partial charge is 0.351 e. The van der Waals surface area contributed by atoms with Gasteiger partial charge in [0.1, 0.15) is 0 Å². The van der Waals surface area contributed by atoms with E-state index in [2.05, 4.69) is 29.1 Å². The van der Waals surface area contributed by atoms with Gasteiger partial charge in [0.15, 0.2) is 0 Å². The molecule has 1 aromatic heterocycles. The number of rotatable bonds is 3. The zero-order chi connectivity index (χ0) is 12.3. The van der Waals surface area contributed by atoms with Crippen LogP contribution in [0.25, 0.3) is 0 Å². The smallest absolute Gasteiger partial charge is 0.222 e. The van der Waals surface area contributed by atoms with Crippen LogP contribution in [0.2, 0.25) is 0 Å². The number of hydrogen-bond donors (Lipinski definition) is 2. The van der Waals surface area contributed by atoms with Crippen molar-refractivity contribution in [2.24, 2.45) is 5.73 Å². The first-order valence-electron chi connectivity index (χ1n) is 6.49. The van der Waals surface area contributed by atoms with E-state index in [0.717, 1.165) is 31.6 Å². The average Bonchev–Trinajstić information content (AvgIpc) is 2.33. The van der Waals surface area contributed by atoms with Crippen molar-refractivity contribution in [1.29, 1.82) is 0 Å². The highest BCUT2D eigenvalue weighted by Crippen LogP contribution is 2.20. The van der Waals surface area contributed by atoms with Gasteiger partial charge in [0.2, 0.25) is 5.95 Å². The van der Waals surface area contributed by atoms with Crippen molar-refractivity contribution < 1.29 is 0 Å². The molecule has 3 N–H and O–H groups in total. The second-order valence-electron chi connectivity index (χ2n) is 5.25. The van der Waals surface area contributed by atoms with Gasteiger partial charge in [-0.3, -0.25) is 0 Å². The molecule has 1 saturated carbocycles. The lowest BCUT2D eigenvalue weighted by molar-refractivity contribution is 0.410. The standard InChI is InChI=1S/C13H22N4/c1-9(2)10-7-15-13(16-8-10)17-12-5-3-11(14)4-6-12/h7-9,11-12H,3-6,14H2,1-2H3,(H,15,16,17). The van der Waals surface area contributed by atoms with Crippen LogP contribution >= 0.6 is 0 Å². The highest BCUT2D eigenvalue weighted by Gasteiger charge is 2.18. The van der Waals surface area contributed by atoms with Crippen LogP contribution in [0.5, 0.6) is 0 Å². The second-order valence-corrected chi connectivity index (χ2v) is 5.25. The van der Waals surface area contributed by atoms with Gasteiger partial charge in [-0.15, -0.1) is 0 Å². The van der Waals surface area contributed by atoms with Crippen LogP contribution in [-0.2, 0) is 0 Å². The minimum Gasteiger partial charge on any atom is -0.351 e. The Morgan fingerprint density at radius 1 is 1.18 bits per heavy atom. The first-order chi connectivity index (χ1) is 8.15. The Morgan fingerprint density at radius 3 is 2.29 bits per heavy atom. The maximum absolute atomic E-state index is 5.88. The quantitative estimate of drug-likeness (QED) is 0.842. The van der Waals surface area contributed by atoms with Gasteiger partial charge < -0.3 is 11.1 Å². The van der Waals surface area contributed by atoms with Crippen LogP contribution in [0.4, 0.5) is 5.95 Å². The van der Waals surface area contributed by atoms with Gasteiger partial charge in [-0.05, 0) is 37.2 Å². The van der Waals surface area contributed by atoms with Crippen molar-refractivity contribution >= 4 is 5.95 Å². The minimum absolute atomic E-state index is 0.386. The Morgan fingerprint density at radius 2 is 1.76 bits per heavy atom. The Kier molecular flexibility index (Phi) is 3.94. The number of aromatic nitrogens is 2. The van der Waals surface area contributed by atoms with E-state index in [0.29, 0.717) is 18.0 Å². The summed E-state index contributed by atoms with van der Waals surface area (Å²) in [6.45, 7) is 4.29. The molecule has 1 aliphatic rings. The fourth-order valence-corrected chi connectivity index (χ4v) is 2.16. The fourth-order valence-electron chi connectivity index (χ4n) is 2.16. The van der Waals surface area contributed by atoms with Gasteiger partial charge in [0.25, 0.3) is 0 Å². The molecule has 0 unspecified atom stereocenters. The van der Waals surface area contributed by atoms with E-state index in [1.54, 1.807) is 0 Å². The molecular weight excluding hydrogens is 212 g/mol. The van der Waals surface area contributed by atoms with E-state index in [1.807, 2.05) is 12.4 Å². The molecule has 2 rings (SSSR count). The predicted octanol–water partition coefficient (Wildman–Crippen LogP) is 2.28. The molecule has 1 fully saturated rings. The van der Waals surface area contributed by atoms with Gasteiger partial charge in [-0.1, -0.05) is 13.8 Å². The molecule has 0 amide bonds. The van der Waals surface area contributed by atoms with E-state index in [1.165, 1.54) is 5.56 Å². The SMILES string of the molecule is CC(C)c1cnc(NC2CCC(N)CC2)nc1. The molecule has 1 heterocycles. The number of nitrogens with one attached hydrogen (secondary N) is 1. The molecular formula is C13H22N4. The van der Waals surface area contributed by atoms with Gasteiger partial charge >= 0.3 is 0 Å². The van der Waals surface area contributed by atoms with Crippen LogP contribution in [0, 0.1) is 0 Å². The predicted molar refractivity (Wildman–Crippen MR) is 70.0 cm³/mol. The van der Waals surface area contributed by atoms with Crippen LogP contribution < -0.4 is 11.1 Å². The van der Waals surface area contributed by atoms with E-state index < -0.39 is 0 Å². The van der Waals surface area contributed by atoms with Crippen molar-refractivity contribution in [2.75, 3.05) is 5.32 Å². The summed E-state index contributed by atoms with van der Waals surface area (Å²) < 4.78 is 0. The molecule has 0 spiro atoms. The van der Waals surface area contributed by atoms with E-state index >= 15 is 0 Å². The third-order valence-corrected chi connectivity index (χ3v) is 3.44. The molecule has 0 radical (unpaired) electrons. The molecule has 4 heteroatoms. The Balaban J connectivity index is 1.90. The van der Waals surface area contributed by atoms with Crippen LogP contribution in [0.15, 0.2) is 12.4 Å². The Bertz CT molecular complexity index is 339. The van der Waals surface area contributed by atoms with Crippen LogP contribution in [0.1, 0.15) is 51.0 Å². The molecule has 4 nitrogen and oxygen atoms in total. The van der Waals surface area contributed by atoms with Crippen LogP contribution in [0.3, 0.4) is 0 Å². The topological polar surface area (TPSA) is 63.8 Å². The zero-order valence-corrected chi connectivity index (χ0v) is 10.7. The minimum atomic E-state index is 0.386. The summed E-state index contributed by atoms with van der Waals surface area (Å²) in [5.41, 5.74) is 7.07. The molecule has 0 atom stereocenters. The van der Waals surface area contributed by atoms with Gasteiger partial charge in [0, 0.05) is 24.5 Å². The van der Waals surface area contributed by atoms with E-state index in [4.69, 9.17) is 5.73 Å². The van der Waals surface area contributed by atoms with Gasteiger partial charge in [0.05, 0.1) is 0 Å². The van der Waals surface area contributed by atoms with Gasteiger partial charge in [-0.2, -0.15) is 0 Å². The van der Waals surface area contributed by atoms with Crippen LogP contribution in [-0.4, -0.2) is 22.1 Å². The monoisotopic (exact) mass is 234 g/mol. The summed E-state index contributed by atoms with van der Waals surface area (Å²) >= 11 is 0. The maximum Gasteiger partial charge on any atom is 0.222 e. The summed E-state index contributed by atoms with van der Waals surface area (Å²) in [7, 11) is 0. The fraction of sp³-hybridized carbons (Fsp3) is 0.692. The molecule has 0 aromatic carbocycles. The number of nitrogens with two attached hydrogens (primary N) is 1. The second kappa shape index (κ2) is 5.45. The first-order valence-corrected chi connectivity index (χ1v) is 6.49. The third kappa shape index (κ3) is 3.40. The summed E-state index contributed by atoms with van der Waals surface area (Å²) in [6, 6.07) is 0.872. The van der Waals surface area contributed by atoms with Crippen molar-refractivity contribution in [3.63, 3.8) is 0 Å². The zero-order valence-electron chi connectivity index (χ0n) is 10.7. The van der Waals surface area contributed by atoms with E-state index in [9.17, 15) is 0 Å². The average molecular weight is 234 g/mol. The lowest BCUT2D eigenvalue weighted by Crippen LogP contribution is -2.33. The molecule has 0 bridgehead atoms. The van der Waals surface area contributed by atoms with Crippen molar-refractivity contribution in [3.05, 3.63) is 18.0 Å². The molecule has 17 heavy (non-hydrogen) atoms. The Labute approximate surface area is 103 Å². The lowest BCUT2D eigenvalue weighted by Gasteiger charge is -2.26. The molecule has 0 saturated heterocycles. The number of hydrogen-bond acceptors (Lipinski definition) is 4. The van der Waals surface area contributed by atoms with Gasteiger partial charge in [-0.25, -0.2) is 9.97 Å². The summed E-state index contributed by atoms with van der Waals surface area (Å²) in [5, 5.41) is 3.39. The van der Waals surface area contributed by atoms with Crippen molar-refractivity contribution in [2.45, 2.75) is 57.5 Å². The van der Waals surface area contributed by atoms with Crippen molar-refractivity contribution in [3.8, 4) is 0 Å². The van der Waals surface area contributed by atoms with Crippen molar-refractivity contribution in [1.82, 2.24) is 9.97 Å². The number of anilines is 1. The molecule has 1 aromatic rings. The summed E-state index contributed by atoms with van der Waals surface area (Å²) in [4.78, 5) is 8.72. The molecule has 1 aliphatic carbocycles. The lowest BCUT2D eigenvalue weighted by atomic mass is 9.92. The van der Waals surface area contributed by atoms with E-state index in [-0.39, 0.29) is 0 Å². The molecule has 94 valence electrons. The Hall–Kier alpha value is -1.16. The number of nitrogens with zero attached hydrogens (tertiary/aromatic N) is 2. The summed E-state index contributed by atoms with van der Waals surface area (Å²) in [5.74, 6) is 1.23. The first kappa shape index (κ1) is 12.3. The highest BCUT2D eigenvalue weighted by atomic mass is 15.1. The molecule has 0 aliphatic heterocycles. The maximum atomic E-state index is 5.88. The summed E-state index contributed by atoms with van der Waals surface area (Å²) in [6.07, 6.45) is 8.26. The third-order valence-electron chi connectivity index (χ3n) is 3.44. The normalized spacial score (nSPS) is 24.9. The highest BCUT2D eigenvalue weighted by molar-refractivity contribution is 5.27.